The molecule has 1 aliphatic rings. The fraction of sp³-hybridized carbons (Fsp3) is 0.800. The number of allylic oxidation sites excluding steroid dienone is 4. The van der Waals surface area contributed by atoms with E-state index in [0.717, 1.165) is 31.1 Å². The zero-order valence-electron chi connectivity index (χ0n) is 23.0. The predicted molar refractivity (Wildman–Crippen MR) is 140 cm³/mol. The molecule has 0 saturated carbocycles. The van der Waals surface area contributed by atoms with E-state index in [1.807, 2.05) is 6.92 Å². The van der Waals surface area contributed by atoms with Gasteiger partial charge in [0.05, 0.1) is 5.60 Å². The lowest BCUT2D eigenvalue weighted by atomic mass is 9.81. The number of carbonyl (C=O) groups excluding carboxylic acids is 2. The van der Waals surface area contributed by atoms with Crippen LogP contribution in [-0.4, -0.2) is 22.3 Å². The molecule has 0 bridgehead atoms. The molecule has 0 aromatic rings. The average Bonchev–Trinajstić information content (AvgIpc) is 2.76. The molecule has 0 radical (unpaired) electrons. The highest BCUT2D eigenvalue weighted by Gasteiger charge is 2.29. The molecule has 4 atom stereocenters. The van der Waals surface area contributed by atoms with E-state index in [0.29, 0.717) is 41.1 Å². The monoisotopic (exact) mass is 460 g/mol. The summed E-state index contributed by atoms with van der Waals surface area (Å²) in [6.45, 7) is 16.5. The minimum atomic E-state index is -0.801. The molecule has 0 saturated heterocycles. The van der Waals surface area contributed by atoms with Gasteiger partial charge in [-0.15, -0.1) is 0 Å². The SMILES string of the molecule is CCC(C)CCC[C@@H](C)CCC[C@@H](C)CCC[C@@](C)(O)CCC1=C(C)C(=O)C(C)=C(C)C1=O. The fourth-order valence-corrected chi connectivity index (χ4v) is 4.93. The van der Waals surface area contributed by atoms with Crippen molar-refractivity contribution in [3.8, 4) is 0 Å². The van der Waals surface area contributed by atoms with E-state index in [9.17, 15) is 14.7 Å². The third kappa shape index (κ3) is 10.3. The van der Waals surface area contributed by atoms with E-state index < -0.39 is 5.60 Å². The smallest absolute Gasteiger partial charge is 0.185 e. The Morgan fingerprint density at radius 2 is 1.15 bits per heavy atom. The van der Waals surface area contributed by atoms with Crippen LogP contribution in [0.2, 0.25) is 0 Å². The van der Waals surface area contributed by atoms with Gasteiger partial charge in [0.25, 0.3) is 0 Å². The Morgan fingerprint density at radius 3 is 1.67 bits per heavy atom. The maximum Gasteiger partial charge on any atom is 0.185 e. The summed E-state index contributed by atoms with van der Waals surface area (Å²) < 4.78 is 0. The summed E-state index contributed by atoms with van der Waals surface area (Å²) in [6.07, 6.45) is 13.2. The number of aliphatic hydroxyl groups is 1. The van der Waals surface area contributed by atoms with E-state index in [4.69, 9.17) is 0 Å². The van der Waals surface area contributed by atoms with Gasteiger partial charge in [-0.2, -0.15) is 0 Å². The van der Waals surface area contributed by atoms with Crippen LogP contribution in [0.4, 0.5) is 0 Å². The summed E-state index contributed by atoms with van der Waals surface area (Å²) >= 11 is 0. The molecular formula is C30H52O3. The van der Waals surface area contributed by atoms with Gasteiger partial charge in [-0.3, -0.25) is 9.59 Å². The van der Waals surface area contributed by atoms with Crippen molar-refractivity contribution in [3.63, 3.8) is 0 Å². The van der Waals surface area contributed by atoms with Crippen molar-refractivity contribution in [1.82, 2.24) is 0 Å². The molecule has 33 heavy (non-hydrogen) atoms. The molecule has 0 aromatic carbocycles. The lowest BCUT2D eigenvalue weighted by Gasteiger charge is -2.26. The van der Waals surface area contributed by atoms with Crippen LogP contribution in [0.5, 0.6) is 0 Å². The van der Waals surface area contributed by atoms with Crippen molar-refractivity contribution in [2.24, 2.45) is 17.8 Å². The number of carbonyl (C=O) groups is 2. The van der Waals surface area contributed by atoms with Crippen LogP contribution in [0.3, 0.4) is 0 Å². The third-order valence-corrected chi connectivity index (χ3v) is 8.12. The molecule has 1 unspecified atom stereocenters. The van der Waals surface area contributed by atoms with Gasteiger partial charge in [-0.05, 0) is 64.7 Å². The number of hydrogen-bond acceptors (Lipinski definition) is 3. The van der Waals surface area contributed by atoms with Crippen LogP contribution >= 0.6 is 0 Å². The van der Waals surface area contributed by atoms with Crippen molar-refractivity contribution in [3.05, 3.63) is 22.3 Å². The highest BCUT2D eigenvalue weighted by molar-refractivity contribution is 6.24. The van der Waals surface area contributed by atoms with Crippen molar-refractivity contribution in [2.45, 2.75) is 138 Å². The quantitative estimate of drug-likeness (QED) is 0.236. The van der Waals surface area contributed by atoms with Gasteiger partial charge in [0.15, 0.2) is 11.6 Å². The number of hydrogen-bond donors (Lipinski definition) is 1. The first-order valence-electron chi connectivity index (χ1n) is 13.6. The second kappa shape index (κ2) is 14.2. The molecule has 0 aliphatic heterocycles. The van der Waals surface area contributed by atoms with Crippen LogP contribution in [0.15, 0.2) is 22.3 Å². The minimum absolute atomic E-state index is 0.0249. The summed E-state index contributed by atoms with van der Waals surface area (Å²) in [4.78, 5) is 25.0. The molecule has 0 spiro atoms. The standard InChI is InChI=1S/C30H52O3/c1-9-21(2)13-10-14-22(3)15-11-16-23(4)17-12-19-30(8,33)20-18-27-26(7)28(31)24(5)25(6)29(27)32/h21-23,33H,9-20H2,1-8H3/t21?,22-,23-,30-/m1/s1. The summed E-state index contributed by atoms with van der Waals surface area (Å²) in [5.41, 5.74) is 1.46. The van der Waals surface area contributed by atoms with E-state index in [1.165, 1.54) is 44.9 Å². The zero-order valence-corrected chi connectivity index (χ0v) is 23.0. The first-order chi connectivity index (χ1) is 15.4. The van der Waals surface area contributed by atoms with Gasteiger partial charge in [-0.1, -0.05) is 85.5 Å². The van der Waals surface area contributed by atoms with E-state index in [1.54, 1.807) is 20.8 Å². The Labute approximate surface area is 204 Å². The number of rotatable bonds is 16. The second-order valence-corrected chi connectivity index (χ2v) is 11.5. The minimum Gasteiger partial charge on any atom is -0.390 e. The molecule has 0 amide bonds. The molecule has 3 nitrogen and oxygen atoms in total. The van der Waals surface area contributed by atoms with E-state index in [2.05, 4.69) is 27.7 Å². The second-order valence-electron chi connectivity index (χ2n) is 11.5. The Hall–Kier alpha value is -1.22. The molecule has 1 rings (SSSR count). The first kappa shape index (κ1) is 29.8. The maximum atomic E-state index is 12.6. The van der Waals surface area contributed by atoms with E-state index in [-0.39, 0.29) is 11.6 Å². The van der Waals surface area contributed by atoms with Crippen LogP contribution in [0.25, 0.3) is 0 Å². The van der Waals surface area contributed by atoms with Crippen LogP contribution in [-0.2, 0) is 9.59 Å². The van der Waals surface area contributed by atoms with Crippen molar-refractivity contribution in [1.29, 1.82) is 0 Å². The molecule has 1 N–H and O–H groups in total. The molecule has 0 aromatic heterocycles. The van der Waals surface area contributed by atoms with Gasteiger partial charge < -0.3 is 5.11 Å². The Bertz CT molecular complexity index is 710. The topological polar surface area (TPSA) is 54.4 Å². The van der Waals surface area contributed by atoms with Crippen molar-refractivity contribution in [2.75, 3.05) is 0 Å². The Kier molecular flexibility index (Phi) is 12.9. The zero-order chi connectivity index (χ0) is 25.2. The van der Waals surface area contributed by atoms with Crippen LogP contribution in [0, 0.1) is 17.8 Å². The summed E-state index contributed by atoms with van der Waals surface area (Å²) in [6, 6.07) is 0. The normalized spacial score (nSPS) is 19.7. The lowest BCUT2D eigenvalue weighted by Crippen LogP contribution is -2.27. The van der Waals surface area contributed by atoms with Gasteiger partial charge in [0.2, 0.25) is 0 Å². The summed E-state index contributed by atoms with van der Waals surface area (Å²) in [7, 11) is 0. The molecule has 0 heterocycles. The number of ketones is 2. The van der Waals surface area contributed by atoms with Gasteiger partial charge in [0.1, 0.15) is 0 Å². The molecule has 0 fully saturated rings. The van der Waals surface area contributed by atoms with Crippen molar-refractivity contribution >= 4 is 11.6 Å². The molecular weight excluding hydrogens is 408 g/mol. The van der Waals surface area contributed by atoms with Crippen LogP contribution in [0.1, 0.15) is 132 Å². The van der Waals surface area contributed by atoms with Crippen LogP contribution < -0.4 is 0 Å². The highest BCUT2D eigenvalue weighted by atomic mass is 16.3. The fourth-order valence-electron chi connectivity index (χ4n) is 4.93. The Balaban J connectivity index is 2.30. The first-order valence-corrected chi connectivity index (χ1v) is 13.6. The molecule has 1 aliphatic carbocycles. The summed E-state index contributed by atoms with van der Waals surface area (Å²) in [5.74, 6) is 2.33. The van der Waals surface area contributed by atoms with E-state index >= 15 is 0 Å². The molecule has 3 heteroatoms. The molecule has 190 valence electrons. The van der Waals surface area contributed by atoms with Gasteiger partial charge in [-0.25, -0.2) is 0 Å². The Morgan fingerprint density at radius 1 is 0.697 bits per heavy atom. The number of Topliss-reactive ketones (excluding diaryl/α,β-unsaturated/α-hetero) is 2. The largest absolute Gasteiger partial charge is 0.390 e. The maximum absolute atomic E-state index is 12.6. The highest BCUT2D eigenvalue weighted by Crippen LogP contribution is 2.31. The predicted octanol–water partition coefficient (Wildman–Crippen LogP) is 8.15. The lowest BCUT2D eigenvalue weighted by molar-refractivity contribution is -0.116. The summed E-state index contributed by atoms with van der Waals surface area (Å²) in [5, 5.41) is 10.9. The average molecular weight is 461 g/mol. The third-order valence-electron chi connectivity index (χ3n) is 8.12. The van der Waals surface area contributed by atoms with Gasteiger partial charge in [0, 0.05) is 22.3 Å². The van der Waals surface area contributed by atoms with Crippen molar-refractivity contribution < 1.29 is 14.7 Å². The van der Waals surface area contributed by atoms with Gasteiger partial charge >= 0.3 is 0 Å².